The van der Waals surface area contributed by atoms with Gasteiger partial charge in [-0.05, 0) is 58.7 Å². The second kappa shape index (κ2) is 14.0. The number of aromatic nitrogens is 4. The van der Waals surface area contributed by atoms with Gasteiger partial charge in [-0.3, -0.25) is 9.97 Å². The van der Waals surface area contributed by atoms with Crippen LogP contribution in [-0.4, -0.2) is 23.2 Å². The van der Waals surface area contributed by atoms with Crippen molar-refractivity contribution in [1.82, 2.24) is 9.97 Å². The molecule has 4 aromatic heterocycles. The average Bonchev–Trinajstić information content (AvgIpc) is 3.00. The second-order valence-electron chi connectivity index (χ2n) is 10.2. The van der Waals surface area contributed by atoms with E-state index in [9.17, 15) is 50.4 Å². The molecule has 0 atom stereocenters. The Labute approximate surface area is 277 Å². The van der Waals surface area contributed by atoms with Crippen LogP contribution in [0.5, 0.6) is 11.5 Å². The fourth-order valence-electron chi connectivity index (χ4n) is 3.88. The zero-order valence-electron chi connectivity index (χ0n) is 25.4. The molecular formula is C30H28F12N4O2P2. The average molecular weight is 767 g/mol. The fourth-order valence-corrected chi connectivity index (χ4v) is 3.88. The molecule has 5 aromatic rings. The Morgan fingerprint density at radius 2 is 0.720 bits per heavy atom. The van der Waals surface area contributed by atoms with Crippen molar-refractivity contribution in [3.05, 3.63) is 122 Å². The topological polar surface area (TPSA) is 52.0 Å². The van der Waals surface area contributed by atoms with Gasteiger partial charge in [-0.1, -0.05) is 6.07 Å². The van der Waals surface area contributed by atoms with Gasteiger partial charge in [0.25, 0.3) is 0 Å². The molecule has 0 unspecified atom stereocenters. The number of hydrogen-bond acceptors (Lipinski definition) is 4. The van der Waals surface area contributed by atoms with Gasteiger partial charge >= 0.3 is 66.0 Å². The van der Waals surface area contributed by atoms with Gasteiger partial charge in [0.2, 0.25) is 0 Å². The van der Waals surface area contributed by atoms with Crippen molar-refractivity contribution >= 4 is 15.6 Å². The summed E-state index contributed by atoms with van der Waals surface area (Å²) in [5.41, 5.74) is 4.65. The van der Waals surface area contributed by atoms with Crippen LogP contribution in [0.1, 0.15) is 0 Å². The summed E-state index contributed by atoms with van der Waals surface area (Å²) in [6.45, 7) is 2.66. The first kappa shape index (κ1) is 39.9. The van der Waals surface area contributed by atoms with E-state index in [4.69, 9.17) is 9.47 Å². The molecule has 0 spiro atoms. The van der Waals surface area contributed by atoms with Crippen molar-refractivity contribution < 1.29 is 69.0 Å². The van der Waals surface area contributed by atoms with E-state index in [0.29, 0.717) is 13.2 Å². The van der Waals surface area contributed by atoms with E-state index < -0.39 is 15.6 Å². The van der Waals surface area contributed by atoms with Gasteiger partial charge in [-0.25, -0.2) is 9.13 Å². The van der Waals surface area contributed by atoms with Crippen molar-refractivity contribution in [3.63, 3.8) is 0 Å². The summed E-state index contributed by atoms with van der Waals surface area (Å²) in [7, 11) is -21.3. The van der Waals surface area contributed by atoms with E-state index in [2.05, 4.69) is 68.2 Å². The van der Waals surface area contributed by atoms with Crippen LogP contribution in [0, 0.1) is 0 Å². The number of hydrogen-bond donors (Lipinski definition) is 0. The standard InChI is InChI=1S/C30H28N4O2.2F6P/c1-2-29(35-22-20-33-16-8-27(9-17-33)25-4-12-31-13-5-25)24-30(3-1)36-23-21-34-18-10-28(11-19-34)26-6-14-32-15-7-26;2*1-7(2,3,4,5)6/h1-19,24H,20-23H2;;/q+2;2*-1. The molecule has 0 saturated heterocycles. The maximum absolute atomic E-state index is 10.7. The summed E-state index contributed by atoms with van der Waals surface area (Å²) in [5, 5.41) is 0. The Kier molecular flexibility index (Phi) is 11.2. The van der Waals surface area contributed by atoms with Gasteiger partial charge in [-0.2, -0.15) is 0 Å². The molecule has 274 valence electrons. The van der Waals surface area contributed by atoms with Crippen molar-refractivity contribution in [2.24, 2.45) is 0 Å². The summed E-state index contributed by atoms with van der Waals surface area (Å²) in [6, 6.07) is 24.3. The van der Waals surface area contributed by atoms with Crippen LogP contribution >= 0.6 is 15.6 Å². The summed E-state index contributed by atoms with van der Waals surface area (Å²) in [6.07, 6.45) is 15.5. The van der Waals surface area contributed by atoms with Crippen LogP contribution in [0.2, 0.25) is 0 Å². The SMILES string of the molecule is F[P-](F)(F)(F)(F)F.F[P-](F)(F)(F)(F)F.c1cc(OCC[n+]2ccc(-c3ccncc3)cc2)cc(OCC[n+]2ccc(-c3ccncc3)cc2)c1. The minimum absolute atomic E-state index is 0.572. The maximum Gasteiger partial charge on any atom is 0.182 e. The number of benzene rings is 1. The number of ether oxygens (including phenoxy) is 2. The van der Waals surface area contributed by atoms with E-state index in [1.807, 2.05) is 73.3 Å². The minimum Gasteiger partial charge on any atom is -0.487 e. The van der Waals surface area contributed by atoms with Gasteiger partial charge in [0.1, 0.15) is 24.7 Å². The van der Waals surface area contributed by atoms with Gasteiger partial charge in [-0.15, -0.1) is 0 Å². The van der Waals surface area contributed by atoms with Crippen LogP contribution in [0.15, 0.2) is 122 Å². The molecule has 0 saturated carbocycles. The number of rotatable bonds is 10. The zero-order valence-corrected chi connectivity index (χ0v) is 27.2. The Balaban J connectivity index is 0.000000408. The number of halogens is 12. The van der Waals surface area contributed by atoms with Crippen LogP contribution in [0.25, 0.3) is 22.3 Å². The minimum atomic E-state index is -10.7. The van der Waals surface area contributed by atoms with Crippen LogP contribution < -0.4 is 18.6 Å². The third kappa shape index (κ3) is 20.7. The molecule has 20 heteroatoms. The fraction of sp³-hybridized carbons (Fsp3) is 0.133. The van der Waals surface area contributed by atoms with E-state index >= 15 is 0 Å². The predicted molar refractivity (Wildman–Crippen MR) is 164 cm³/mol. The molecule has 5 rings (SSSR count). The van der Waals surface area contributed by atoms with E-state index in [1.54, 1.807) is 0 Å². The van der Waals surface area contributed by atoms with Crippen LogP contribution in [0.3, 0.4) is 0 Å². The van der Waals surface area contributed by atoms with E-state index in [0.717, 1.165) is 35.7 Å². The van der Waals surface area contributed by atoms with Gasteiger partial charge in [0.15, 0.2) is 37.9 Å². The molecule has 0 bridgehead atoms. The molecule has 4 heterocycles. The molecule has 50 heavy (non-hydrogen) atoms. The molecule has 6 nitrogen and oxygen atoms in total. The monoisotopic (exact) mass is 766 g/mol. The third-order valence-corrected chi connectivity index (χ3v) is 5.85. The molecule has 0 amide bonds. The molecule has 0 aliphatic carbocycles. The van der Waals surface area contributed by atoms with Gasteiger partial charge < -0.3 is 9.47 Å². The van der Waals surface area contributed by atoms with Gasteiger partial charge in [0, 0.05) is 55.1 Å². The summed E-state index contributed by atoms with van der Waals surface area (Å²) in [4.78, 5) is 8.15. The van der Waals surface area contributed by atoms with Crippen molar-refractivity contribution in [2.75, 3.05) is 13.2 Å². The molecule has 0 radical (unpaired) electrons. The Morgan fingerprint density at radius 3 is 1.02 bits per heavy atom. The molecular weight excluding hydrogens is 738 g/mol. The molecule has 0 aliphatic rings. The predicted octanol–water partition coefficient (Wildman–Crippen LogP) is 11.3. The first-order valence-corrected chi connectivity index (χ1v) is 18.1. The smallest absolute Gasteiger partial charge is 0.182 e. The molecule has 1 aromatic carbocycles. The Hall–Kier alpha value is -4.56. The van der Waals surface area contributed by atoms with Crippen LogP contribution in [0.4, 0.5) is 50.4 Å². The van der Waals surface area contributed by atoms with Gasteiger partial charge in [0.05, 0.1) is 0 Å². The zero-order chi connectivity index (χ0) is 37.2. The quantitative estimate of drug-likeness (QED) is 0.0807. The normalized spacial score (nSPS) is 14.2. The molecule has 0 fully saturated rings. The van der Waals surface area contributed by atoms with Crippen molar-refractivity contribution in [3.8, 4) is 33.8 Å². The second-order valence-corrected chi connectivity index (χ2v) is 14.0. The van der Waals surface area contributed by atoms with E-state index in [1.165, 1.54) is 11.1 Å². The van der Waals surface area contributed by atoms with Crippen molar-refractivity contribution in [2.45, 2.75) is 13.1 Å². The summed E-state index contributed by atoms with van der Waals surface area (Å²) >= 11 is 0. The van der Waals surface area contributed by atoms with E-state index in [-0.39, 0.29) is 0 Å². The number of nitrogens with zero attached hydrogens (tertiary/aromatic N) is 4. The molecule has 0 N–H and O–H groups in total. The Bertz CT molecular complexity index is 1660. The molecule has 0 aliphatic heterocycles. The summed E-state index contributed by atoms with van der Waals surface area (Å²) in [5.74, 6) is 1.60. The Morgan fingerprint density at radius 1 is 0.440 bits per heavy atom. The first-order chi connectivity index (χ1) is 22.7. The first-order valence-electron chi connectivity index (χ1n) is 14.0. The number of pyridine rings is 4. The largest absolute Gasteiger partial charge is 0.487 e. The summed E-state index contributed by atoms with van der Waals surface area (Å²) < 4.78 is 135. The third-order valence-electron chi connectivity index (χ3n) is 5.85. The maximum atomic E-state index is 9.87. The van der Waals surface area contributed by atoms with Crippen molar-refractivity contribution in [1.29, 1.82) is 0 Å². The van der Waals surface area contributed by atoms with Crippen LogP contribution in [-0.2, 0) is 13.1 Å².